The molecule has 6 nitrogen and oxygen atoms in total. The van der Waals surface area contributed by atoms with Gasteiger partial charge in [-0.05, 0) is 24.8 Å². The van der Waals surface area contributed by atoms with Gasteiger partial charge in [-0.1, -0.05) is 19.8 Å². The van der Waals surface area contributed by atoms with Crippen molar-refractivity contribution in [3.8, 4) is 5.75 Å². The molecule has 1 fully saturated rings. The molecule has 0 radical (unpaired) electrons. The van der Waals surface area contributed by atoms with Crippen LogP contribution in [0.15, 0.2) is 18.2 Å². The first-order valence-corrected chi connectivity index (χ1v) is 7.33. The number of nitro benzene ring substituents is 1. The minimum absolute atomic E-state index is 0.104. The van der Waals surface area contributed by atoms with Crippen LogP contribution in [0.3, 0.4) is 0 Å². The molecule has 22 heavy (non-hydrogen) atoms. The number of ether oxygens (including phenoxy) is 1. The summed E-state index contributed by atoms with van der Waals surface area (Å²) in [7, 11) is 0. The first-order valence-electron chi connectivity index (χ1n) is 7.33. The number of hydrogen-bond acceptors (Lipinski definition) is 4. The number of nitrogens with one attached hydrogen (secondary N) is 1. The van der Waals surface area contributed by atoms with Gasteiger partial charge in [0.05, 0.1) is 4.92 Å². The van der Waals surface area contributed by atoms with Crippen molar-refractivity contribution in [1.82, 2.24) is 5.32 Å². The van der Waals surface area contributed by atoms with Crippen molar-refractivity contribution in [3.05, 3.63) is 34.1 Å². The maximum Gasteiger partial charge on any atom is 0.311 e. The molecule has 1 N–H and O–H groups in total. The molecule has 0 saturated heterocycles. The Morgan fingerprint density at radius 3 is 2.86 bits per heavy atom. The van der Waals surface area contributed by atoms with Gasteiger partial charge in [-0.2, -0.15) is 0 Å². The van der Waals surface area contributed by atoms with Crippen LogP contribution in [0.25, 0.3) is 0 Å². The van der Waals surface area contributed by atoms with Crippen molar-refractivity contribution in [3.63, 3.8) is 0 Å². The molecule has 1 aliphatic carbocycles. The molecule has 1 amide bonds. The van der Waals surface area contributed by atoms with Crippen LogP contribution in [0, 0.1) is 21.8 Å². The zero-order chi connectivity index (χ0) is 16.1. The van der Waals surface area contributed by atoms with Gasteiger partial charge in [-0.15, -0.1) is 0 Å². The highest BCUT2D eigenvalue weighted by atomic mass is 19.1. The molecule has 1 aliphatic rings. The summed E-state index contributed by atoms with van der Waals surface area (Å²) < 4.78 is 18.3. The number of nitrogens with zero attached hydrogens (tertiary/aromatic N) is 1. The third-order valence-corrected chi connectivity index (χ3v) is 3.94. The van der Waals surface area contributed by atoms with Gasteiger partial charge < -0.3 is 10.1 Å². The van der Waals surface area contributed by atoms with Gasteiger partial charge in [-0.3, -0.25) is 14.9 Å². The predicted octanol–water partition coefficient (Wildman–Crippen LogP) is 2.81. The first kappa shape index (κ1) is 16.2. The number of nitro groups is 1. The first-order chi connectivity index (χ1) is 10.5. The van der Waals surface area contributed by atoms with Crippen LogP contribution >= 0.6 is 0 Å². The molecule has 1 aromatic carbocycles. The van der Waals surface area contributed by atoms with Crippen LogP contribution in [-0.4, -0.2) is 23.5 Å². The lowest BCUT2D eigenvalue weighted by Gasteiger charge is -2.29. The maximum absolute atomic E-state index is 13.2. The fraction of sp³-hybridized carbons (Fsp3) is 0.533. The van der Waals surface area contributed by atoms with Crippen LogP contribution in [-0.2, 0) is 4.79 Å². The Bertz CT molecular complexity index is 564. The minimum Gasteiger partial charge on any atom is -0.477 e. The van der Waals surface area contributed by atoms with Crippen LogP contribution in [0.5, 0.6) is 5.75 Å². The molecular formula is C15H19FN2O4. The molecule has 2 rings (SSSR count). The highest BCUT2D eigenvalue weighted by Gasteiger charge is 2.23. The third kappa shape index (κ3) is 4.16. The van der Waals surface area contributed by atoms with E-state index in [1.807, 2.05) is 0 Å². The number of halogens is 1. The van der Waals surface area contributed by atoms with E-state index in [1.165, 1.54) is 6.42 Å². The topological polar surface area (TPSA) is 81.5 Å². The number of carbonyl (C=O) groups is 1. The minimum atomic E-state index is -0.671. The van der Waals surface area contributed by atoms with E-state index in [9.17, 15) is 19.3 Å². The van der Waals surface area contributed by atoms with Gasteiger partial charge in [0, 0.05) is 18.2 Å². The number of hydrogen-bond donors (Lipinski definition) is 1. The van der Waals surface area contributed by atoms with E-state index in [4.69, 9.17) is 4.74 Å². The second kappa shape index (κ2) is 7.20. The van der Waals surface area contributed by atoms with Gasteiger partial charge in [-0.25, -0.2) is 4.39 Å². The van der Waals surface area contributed by atoms with Crippen molar-refractivity contribution >= 4 is 11.6 Å². The van der Waals surface area contributed by atoms with Gasteiger partial charge >= 0.3 is 5.69 Å². The Labute approximate surface area is 127 Å². The summed E-state index contributed by atoms with van der Waals surface area (Å²) in [5.74, 6) is -0.836. The van der Waals surface area contributed by atoms with Crippen LogP contribution in [0.4, 0.5) is 10.1 Å². The second-order valence-corrected chi connectivity index (χ2v) is 5.59. The second-order valence-electron chi connectivity index (χ2n) is 5.59. The van der Waals surface area contributed by atoms with Crippen molar-refractivity contribution < 1.29 is 18.8 Å². The summed E-state index contributed by atoms with van der Waals surface area (Å²) in [6, 6.07) is 3.02. The molecule has 7 heteroatoms. The van der Waals surface area contributed by atoms with Crippen molar-refractivity contribution in [2.75, 3.05) is 6.61 Å². The highest BCUT2D eigenvalue weighted by molar-refractivity contribution is 5.78. The van der Waals surface area contributed by atoms with Gasteiger partial charge in [0.15, 0.2) is 6.61 Å². The fourth-order valence-electron chi connectivity index (χ4n) is 2.68. The summed E-state index contributed by atoms with van der Waals surface area (Å²) in [5, 5.41) is 13.7. The number of carbonyl (C=O) groups excluding carboxylic acids is 1. The van der Waals surface area contributed by atoms with E-state index < -0.39 is 10.7 Å². The summed E-state index contributed by atoms with van der Waals surface area (Å²) in [5.41, 5.74) is -0.361. The number of rotatable bonds is 5. The lowest BCUT2D eigenvalue weighted by Crippen LogP contribution is -2.43. The van der Waals surface area contributed by atoms with Gasteiger partial charge in [0.1, 0.15) is 5.82 Å². The van der Waals surface area contributed by atoms with Gasteiger partial charge in [0.25, 0.3) is 5.91 Å². The van der Waals surface area contributed by atoms with Crippen LogP contribution in [0.2, 0.25) is 0 Å². The maximum atomic E-state index is 13.2. The summed E-state index contributed by atoms with van der Waals surface area (Å²) in [6.07, 6.45) is 4.24. The Morgan fingerprint density at radius 2 is 2.18 bits per heavy atom. The van der Waals surface area contributed by atoms with Crippen molar-refractivity contribution in [1.29, 1.82) is 0 Å². The Hall–Kier alpha value is -2.18. The van der Waals surface area contributed by atoms with Crippen LogP contribution < -0.4 is 10.1 Å². The molecular weight excluding hydrogens is 291 g/mol. The van der Waals surface area contributed by atoms with E-state index in [1.54, 1.807) is 0 Å². The van der Waals surface area contributed by atoms with E-state index in [2.05, 4.69) is 12.2 Å². The third-order valence-electron chi connectivity index (χ3n) is 3.94. The molecule has 0 aliphatic heterocycles. The summed E-state index contributed by atoms with van der Waals surface area (Å²) in [6.45, 7) is 1.72. The zero-order valence-corrected chi connectivity index (χ0v) is 12.4. The molecule has 120 valence electrons. The van der Waals surface area contributed by atoms with Gasteiger partial charge in [0.2, 0.25) is 5.75 Å². The quantitative estimate of drug-likeness (QED) is 0.669. The number of benzene rings is 1. The molecule has 0 bridgehead atoms. The molecule has 0 spiro atoms. The molecule has 1 saturated carbocycles. The largest absolute Gasteiger partial charge is 0.477 e. The normalized spacial score (nSPS) is 21.2. The molecule has 0 aromatic heterocycles. The average molecular weight is 310 g/mol. The predicted molar refractivity (Wildman–Crippen MR) is 78.1 cm³/mol. The Balaban J connectivity index is 1.93. The average Bonchev–Trinajstić information content (AvgIpc) is 2.47. The van der Waals surface area contributed by atoms with Crippen LogP contribution in [0.1, 0.15) is 32.6 Å². The lowest BCUT2D eigenvalue weighted by atomic mass is 9.86. The monoisotopic (exact) mass is 310 g/mol. The van der Waals surface area contributed by atoms with Crippen molar-refractivity contribution in [2.45, 2.75) is 38.6 Å². The fourth-order valence-corrected chi connectivity index (χ4v) is 2.68. The van der Waals surface area contributed by atoms with E-state index >= 15 is 0 Å². The Kier molecular flexibility index (Phi) is 5.30. The summed E-state index contributed by atoms with van der Waals surface area (Å²) >= 11 is 0. The standard InChI is InChI=1S/C15H19FN2O4/c1-10-4-2-3-5-12(10)17-15(19)9-22-14-8-11(16)6-7-13(14)18(20)21/h6-8,10,12H,2-5,9H2,1H3,(H,17,19). The molecule has 1 aromatic rings. The zero-order valence-electron chi connectivity index (χ0n) is 12.4. The van der Waals surface area contributed by atoms with E-state index in [0.717, 1.165) is 37.5 Å². The molecule has 0 heterocycles. The molecule has 2 atom stereocenters. The smallest absolute Gasteiger partial charge is 0.311 e. The summed E-state index contributed by atoms with van der Waals surface area (Å²) in [4.78, 5) is 22.1. The SMILES string of the molecule is CC1CCCCC1NC(=O)COc1cc(F)ccc1[N+](=O)[O-]. The van der Waals surface area contributed by atoms with E-state index in [-0.39, 0.29) is 30.0 Å². The Morgan fingerprint density at radius 1 is 1.45 bits per heavy atom. The molecule has 2 unspecified atom stereocenters. The van der Waals surface area contributed by atoms with Crippen molar-refractivity contribution in [2.24, 2.45) is 5.92 Å². The highest BCUT2D eigenvalue weighted by Crippen LogP contribution is 2.27. The lowest BCUT2D eigenvalue weighted by molar-refractivity contribution is -0.385. The van der Waals surface area contributed by atoms with E-state index in [0.29, 0.717) is 5.92 Å². The number of amides is 1.